The molecule has 0 aliphatic heterocycles. The second kappa shape index (κ2) is 6.50. The first kappa shape index (κ1) is 15.9. The van der Waals surface area contributed by atoms with Gasteiger partial charge in [0.1, 0.15) is 0 Å². The first-order valence-electron chi connectivity index (χ1n) is 6.69. The molecule has 0 spiro atoms. The molecular weight excluding hydrogens is 305 g/mol. The number of benzene rings is 2. The number of carbonyl (C=O) groups is 1. The molecule has 2 rings (SSSR count). The van der Waals surface area contributed by atoms with Crippen molar-refractivity contribution in [3.8, 4) is 0 Å². The van der Waals surface area contributed by atoms with Crippen LogP contribution in [0.25, 0.3) is 0 Å². The summed E-state index contributed by atoms with van der Waals surface area (Å²) in [6, 6.07) is 13.3. The van der Waals surface area contributed by atoms with Crippen LogP contribution in [0.4, 0.5) is 5.69 Å². The molecule has 0 bridgehead atoms. The van der Waals surface area contributed by atoms with E-state index < -0.39 is 0 Å². The minimum atomic E-state index is -0.0339. The smallest absolute Gasteiger partial charge is 0.161 e. The molecule has 0 fully saturated rings. The second-order valence-electron chi connectivity index (χ2n) is 5.03. The lowest BCUT2D eigenvalue weighted by molar-refractivity contribution is 0.101. The fraction of sp³-hybridized carbons (Fsp3) is 0.235. The van der Waals surface area contributed by atoms with Crippen molar-refractivity contribution in [2.75, 3.05) is 11.9 Å². The quantitative estimate of drug-likeness (QED) is 0.703. The van der Waals surface area contributed by atoms with Crippen LogP contribution in [0.1, 0.15) is 35.8 Å². The number of ketones is 1. The third-order valence-corrected chi connectivity index (χ3v) is 4.33. The number of rotatable bonds is 4. The number of Topliss-reactive ketones (excluding diaryl/α,β-unsaturated/α-hetero) is 1. The summed E-state index contributed by atoms with van der Waals surface area (Å²) in [5.41, 5.74) is 2.53. The summed E-state index contributed by atoms with van der Waals surface area (Å²) in [7, 11) is 1.98. The fourth-order valence-electron chi connectivity index (χ4n) is 2.26. The molecule has 0 radical (unpaired) electrons. The maximum atomic E-state index is 11.4. The Morgan fingerprint density at radius 3 is 2.33 bits per heavy atom. The van der Waals surface area contributed by atoms with E-state index in [2.05, 4.69) is 11.8 Å². The van der Waals surface area contributed by atoms with Gasteiger partial charge in [-0.3, -0.25) is 4.79 Å². The van der Waals surface area contributed by atoms with Gasteiger partial charge in [0.05, 0.1) is 11.1 Å². The third kappa shape index (κ3) is 3.39. The average Bonchev–Trinajstić information content (AvgIpc) is 2.45. The molecule has 2 aromatic rings. The number of hydrogen-bond donors (Lipinski definition) is 0. The molecule has 0 aliphatic rings. The maximum Gasteiger partial charge on any atom is 0.161 e. The van der Waals surface area contributed by atoms with E-state index in [0.29, 0.717) is 10.6 Å². The van der Waals surface area contributed by atoms with E-state index in [1.165, 1.54) is 6.92 Å². The van der Waals surface area contributed by atoms with E-state index >= 15 is 0 Å². The van der Waals surface area contributed by atoms with Crippen LogP contribution in [0.5, 0.6) is 0 Å². The lowest BCUT2D eigenvalue weighted by Gasteiger charge is -2.28. The van der Waals surface area contributed by atoms with E-state index in [9.17, 15) is 4.79 Å². The van der Waals surface area contributed by atoms with Crippen molar-refractivity contribution < 1.29 is 4.79 Å². The van der Waals surface area contributed by atoms with Crippen molar-refractivity contribution in [2.24, 2.45) is 0 Å². The van der Waals surface area contributed by atoms with Gasteiger partial charge in [0, 0.05) is 23.3 Å². The van der Waals surface area contributed by atoms with E-state index in [-0.39, 0.29) is 11.8 Å². The Morgan fingerprint density at radius 1 is 1.10 bits per heavy atom. The lowest BCUT2D eigenvalue weighted by Crippen LogP contribution is -2.22. The van der Waals surface area contributed by atoms with E-state index in [1.807, 2.05) is 43.4 Å². The Labute approximate surface area is 135 Å². The molecule has 4 heteroatoms. The minimum absolute atomic E-state index is 0.0339. The summed E-state index contributed by atoms with van der Waals surface area (Å²) in [5.74, 6) is -0.0339. The topological polar surface area (TPSA) is 20.3 Å². The summed E-state index contributed by atoms with van der Waals surface area (Å²) in [4.78, 5) is 13.5. The van der Waals surface area contributed by atoms with Gasteiger partial charge in [-0.1, -0.05) is 41.4 Å². The minimum Gasteiger partial charge on any atom is -0.368 e. The molecule has 0 amide bonds. The highest BCUT2D eigenvalue weighted by atomic mass is 35.5. The molecule has 2 aromatic carbocycles. The Balaban J connectivity index is 2.32. The van der Waals surface area contributed by atoms with Crippen LogP contribution in [-0.4, -0.2) is 12.8 Å². The van der Waals surface area contributed by atoms with Crippen LogP contribution in [-0.2, 0) is 0 Å². The van der Waals surface area contributed by atoms with E-state index in [4.69, 9.17) is 23.2 Å². The van der Waals surface area contributed by atoms with Gasteiger partial charge in [-0.25, -0.2) is 0 Å². The number of carbonyl (C=O) groups excluding carboxylic acids is 1. The van der Waals surface area contributed by atoms with Crippen LogP contribution >= 0.6 is 23.2 Å². The molecule has 0 saturated carbocycles. The summed E-state index contributed by atoms with van der Waals surface area (Å²) in [6.07, 6.45) is 0. The van der Waals surface area contributed by atoms with Crippen molar-refractivity contribution in [1.82, 2.24) is 0 Å². The second-order valence-corrected chi connectivity index (χ2v) is 5.84. The molecule has 0 saturated heterocycles. The monoisotopic (exact) mass is 321 g/mol. The molecule has 1 unspecified atom stereocenters. The fourth-order valence-corrected chi connectivity index (χ4v) is 2.86. The molecule has 1 atom stereocenters. The Hall–Kier alpha value is -1.51. The van der Waals surface area contributed by atoms with Gasteiger partial charge in [-0.15, -0.1) is 0 Å². The highest BCUT2D eigenvalue weighted by molar-refractivity contribution is 6.34. The van der Waals surface area contributed by atoms with Crippen molar-refractivity contribution in [1.29, 1.82) is 0 Å². The standard InChI is InChI=1S/C17H17Cl2NO/c1-11(14-6-4-5-7-16(14)18)20(3)13-8-9-15(12(2)21)17(19)10-13/h4-11H,1-3H3. The lowest BCUT2D eigenvalue weighted by atomic mass is 10.1. The zero-order chi connectivity index (χ0) is 15.6. The zero-order valence-electron chi connectivity index (χ0n) is 12.2. The predicted molar refractivity (Wildman–Crippen MR) is 89.7 cm³/mol. The molecule has 0 N–H and O–H groups in total. The van der Waals surface area contributed by atoms with Gasteiger partial charge in [0.15, 0.2) is 5.78 Å². The SMILES string of the molecule is CC(=O)c1ccc(N(C)C(C)c2ccccc2Cl)cc1Cl. The van der Waals surface area contributed by atoms with Crippen LogP contribution in [0, 0.1) is 0 Å². The summed E-state index contributed by atoms with van der Waals surface area (Å²) in [5, 5.41) is 1.21. The molecule has 0 heterocycles. The average molecular weight is 322 g/mol. The molecular formula is C17H17Cl2NO. The largest absolute Gasteiger partial charge is 0.368 e. The number of nitrogens with zero attached hydrogens (tertiary/aromatic N) is 1. The Bertz CT molecular complexity index is 670. The van der Waals surface area contributed by atoms with Gasteiger partial charge < -0.3 is 4.90 Å². The molecule has 21 heavy (non-hydrogen) atoms. The molecule has 0 aliphatic carbocycles. The maximum absolute atomic E-state index is 11.4. The number of hydrogen-bond acceptors (Lipinski definition) is 2. The molecule has 0 aromatic heterocycles. The zero-order valence-corrected chi connectivity index (χ0v) is 13.7. The van der Waals surface area contributed by atoms with Gasteiger partial charge in [-0.2, -0.15) is 0 Å². The Kier molecular flexibility index (Phi) is 4.92. The van der Waals surface area contributed by atoms with Crippen LogP contribution in [0.15, 0.2) is 42.5 Å². The highest BCUT2D eigenvalue weighted by Gasteiger charge is 2.16. The van der Waals surface area contributed by atoms with E-state index in [0.717, 1.165) is 16.3 Å². The van der Waals surface area contributed by atoms with Crippen molar-refractivity contribution in [3.05, 3.63) is 63.6 Å². The molecule has 110 valence electrons. The Morgan fingerprint density at radius 2 is 1.76 bits per heavy atom. The van der Waals surface area contributed by atoms with Crippen molar-refractivity contribution in [3.63, 3.8) is 0 Å². The van der Waals surface area contributed by atoms with Gasteiger partial charge in [-0.05, 0) is 43.7 Å². The van der Waals surface area contributed by atoms with Crippen LogP contribution in [0.2, 0.25) is 10.0 Å². The van der Waals surface area contributed by atoms with Crippen molar-refractivity contribution >= 4 is 34.7 Å². The van der Waals surface area contributed by atoms with Gasteiger partial charge in [0.25, 0.3) is 0 Å². The van der Waals surface area contributed by atoms with Crippen LogP contribution in [0.3, 0.4) is 0 Å². The first-order valence-corrected chi connectivity index (χ1v) is 7.45. The summed E-state index contributed by atoms with van der Waals surface area (Å²) in [6.45, 7) is 3.59. The van der Waals surface area contributed by atoms with Crippen molar-refractivity contribution in [2.45, 2.75) is 19.9 Å². The normalized spacial score (nSPS) is 12.0. The predicted octanol–water partition coefficient (Wildman–Crippen LogP) is 5.39. The highest BCUT2D eigenvalue weighted by Crippen LogP contribution is 2.32. The van der Waals surface area contributed by atoms with Crippen LogP contribution < -0.4 is 4.90 Å². The third-order valence-electron chi connectivity index (χ3n) is 3.68. The summed E-state index contributed by atoms with van der Waals surface area (Å²) >= 11 is 12.4. The van der Waals surface area contributed by atoms with Gasteiger partial charge >= 0.3 is 0 Å². The number of anilines is 1. The number of halogens is 2. The van der Waals surface area contributed by atoms with E-state index in [1.54, 1.807) is 6.07 Å². The van der Waals surface area contributed by atoms with Gasteiger partial charge in [0.2, 0.25) is 0 Å². The molecule has 2 nitrogen and oxygen atoms in total. The first-order chi connectivity index (χ1) is 9.91. The summed E-state index contributed by atoms with van der Waals surface area (Å²) < 4.78 is 0.